The molecule has 0 spiro atoms. The van der Waals surface area contributed by atoms with Crippen LogP contribution in [0.3, 0.4) is 0 Å². The Morgan fingerprint density at radius 1 is 1.30 bits per heavy atom. The van der Waals surface area contributed by atoms with E-state index in [0.29, 0.717) is 0 Å². The van der Waals surface area contributed by atoms with Crippen molar-refractivity contribution in [1.29, 1.82) is 0 Å². The number of hydrogen-bond donors (Lipinski definition) is 3. The molecule has 0 saturated carbocycles. The van der Waals surface area contributed by atoms with Crippen LogP contribution < -0.4 is 5.32 Å². The van der Waals surface area contributed by atoms with Gasteiger partial charge in [-0.1, -0.05) is 32.0 Å². The van der Waals surface area contributed by atoms with Gasteiger partial charge in [-0.2, -0.15) is 0 Å². The number of hydrogen-bond acceptors (Lipinski definition) is 3. The molecule has 0 aliphatic heterocycles. The molecule has 1 aromatic carbocycles. The zero-order chi connectivity index (χ0) is 15.3. The maximum Gasteiger partial charge on any atom is 0.335 e. The van der Waals surface area contributed by atoms with Gasteiger partial charge in [-0.25, -0.2) is 9.18 Å². The minimum absolute atomic E-state index is 0.0560. The van der Waals surface area contributed by atoms with Gasteiger partial charge in [0.15, 0.2) is 6.10 Å². The Hall–Kier alpha value is -1.95. The Morgan fingerprint density at radius 3 is 2.40 bits per heavy atom. The van der Waals surface area contributed by atoms with Gasteiger partial charge >= 0.3 is 5.97 Å². The molecule has 1 rings (SSSR count). The number of aliphatic hydroxyl groups is 1. The third-order valence-corrected chi connectivity index (χ3v) is 2.72. The van der Waals surface area contributed by atoms with Crippen LogP contribution in [0, 0.1) is 11.7 Å². The van der Waals surface area contributed by atoms with Gasteiger partial charge in [0.05, 0.1) is 6.04 Å². The average Bonchev–Trinajstić information content (AvgIpc) is 2.35. The number of aliphatic carboxylic acids is 1. The molecule has 0 radical (unpaired) electrons. The number of rotatable bonds is 6. The van der Waals surface area contributed by atoms with E-state index >= 15 is 0 Å². The smallest absolute Gasteiger partial charge is 0.335 e. The van der Waals surface area contributed by atoms with Gasteiger partial charge in [0.1, 0.15) is 5.82 Å². The molecule has 0 saturated heterocycles. The monoisotopic (exact) mass is 283 g/mol. The largest absolute Gasteiger partial charge is 0.479 e. The second-order valence-corrected chi connectivity index (χ2v) is 4.95. The predicted molar refractivity (Wildman–Crippen MR) is 70.4 cm³/mol. The van der Waals surface area contributed by atoms with Gasteiger partial charge in [0, 0.05) is 12.0 Å². The molecule has 0 aliphatic rings. The fraction of sp³-hybridized carbons (Fsp3) is 0.429. The quantitative estimate of drug-likeness (QED) is 0.738. The summed E-state index contributed by atoms with van der Waals surface area (Å²) in [6.07, 6.45) is -1.75. The van der Waals surface area contributed by atoms with E-state index in [1.807, 2.05) is 13.8 Å². The van der Waals surface area contributed by atoms with Gasteiger partial charge in [0.25, 0.3) is 0 Å². The van der Waals surface area contributed by atoms with Crippen molar-refractivity contribution in [3.05, 3.63) is 35.6 Å². The number of carbonyl (C=O) groups excluding carboxylic acids is 1. The number of aliphatic hydroxyl groups excluding tert-OH is 1. The highest BCUT2D eigenvalue weighted by Crippen LogP contribution is 2.21. The van der Waals surface area contributed by atoms with E-state index in [9.17, 15) is 19.1 Å². The topological polar surface area (TPSA) is 86.6 Å². The first-order valence-electron chi connectivity index (χ1n) is 6.27. The number of halogens is 1. The van der Waals surface area contributed by atoms with E-state index in [1.54, 1.807) is 0 Å². The van der Waals surface area contributed by atoms with Gasteiger partial charge in [-0.3, -0.25) is 4.79 Å². The van der Waals surface area contributed by atoms with E-state index in [2.05, 4.69) is 5.32 Å². The molecule has 6 heteroatoms. The predicted octanol–water partition coefficient (Wildman–Crippen LogP) is 1.47. The molecule has 0 fully saturated rings. The highest BCUT2D eigenvalue weighted by atomic mass is 19.1. The van der Waals surface area contributed by atoms with Crippen molar-refractivity contribution >= 4 is 11.9 Å². The van der Waals surface area contributed by atoms with Crippen molar-refractivity contribution in [1.82, 2.24) is 5.32 Å². The van der Waals surface area contributed by atoms with E-state index in [0.717, 1.165) is 6.07 Å². The van der Waals surface area contributed by atoms with Crippen LogP contribution in [0.1, 0.15) is 31.9 Å². The van der Waals surface area contributed by atoms with Crippen molar-refractivity contribution in [2.45, 2.75) is 32.4 Å². The van der Waals surface area contributed by atoms with Gasteiger partial charge in [0.2, 0.25) is 5.91 Å². The Bertz CT molecular complexity index is 490. The summed E-state index contributed by atoms with van der Waals surface area (Å²) >= 11 is 0. The molecule has 0 aliphatic carbocycles. The molecule has 0 bridgehead atoms. The Kier molecular flexibility index (Phi) is 5.64. The van der Waals surface area contributed by atoms with Crippen molar-refractivity contribution < 1.29 is 24.2 Å². The lowest BCUT2D eigenvalue weighted by atomic mass is 10.00. The summed E-state index contributed by atoms with van der Waals surface area (Å²) in [5.74, 6) is -2.57. The van der Waals surface area contributed by atoms with Crippen LogP contribution in [-0.2, 0) is 9.59 Å². The standard InChI is InChI=1S/C14H18FNO4/c1-8(2)7-11(17)16-12(13(18)14(19)20)9-5-3-4-6-10(9)15/h3-6,8,12-13,18H,7H2,1-2H3,(H,16,17)(H,19,20)/t12?,13-/m1/s1. The van der Waals surface area contributed by atoms with Crippen LogP contribution in [0.4, 0.5) is 4.39 Å². The van der Waals surface area contributed by atoms with Crippen LogP contribution in [0.15, 0.2) is 24.3 Å². The van der Waals surface area contributed by atoms with Gasteiger partial charge in [-0.05, 0) is 12.0 Å². The third-order valence-electron chi connectivity index (χ3n) is 2.72. The number of carboxylic acids is 1. The summed E-state index contributed by atoms with van der Waals surface area (Å²) in [5.41, 5.74) is -0.0560. The van der Waals surface area contributed by atoms with Crippen molar-refractivity contribution in [2.24, 2.45) is 5.92 Å². The number of benzene rings is 1. The van der Waals surface area contributed by atoms with Crippen LogP contribution >= 0.6 is 0 Å². The molecule has 3 N–H and O–H groups in total. The molecule has 0 aromatic heterocycles. The normalized spacial score (nSPS) is 13.8. The molecule has 2 atom stereocenters. The fourth-order valence-corrected chi connectivity index (χ4v) is 1.80. The number of carbonyl (C=O) groups is 2. The summed E-state index contributed by atoms with van der Waals surface area (Å²) in [6.45, 7) is 3.65. The number of nitrogens with one attached hydrogen (secondary N) is 1. The fourth-order valence-electron chi connectivity index (χ4n) is 1.80. The number of amides is 1. The lowest BCUT2D eigenvalue weighted by Gasteiger charge is -2.22. The maximum absolute atomic E-state index is 13.7. The zero-order valence-electron chi connectivity index (χ0n) is 11.3. The molecule has 1 amide bonds. The summed E-state index contributed by atoms with van der Waals surface area (Å²) in [5, 5.41) is 20.9. The van der Waals surface area contributed by atoms with Gasteiger partial charge in [-0.15, -0.1) is 0 Å². The molecule has 5 nitrogen and oxygen atoms in total. The van der Waals surface area contributed by atoms with Crippen molar-refractivity contribution in [2.75, 3.05) is 0 Å². The molecular formula is C14H18FNO4. The van der Waals surface area contributed by atoms with Crippen LogP contribution in [-0.4, -0.2) is 28.2 Å². The highest BCUT2D eigenvalue weighted by molar-refractivity contribution is 5.79. The lowest BCUT2D eigenvalue weighted by molar-refractivity contribution is -0.148. The minimum atomic E-state index is -1.91. The second-order valence-electron chi connectivity index (χ2n) is 4.95. The Labute approximate surface area is 116 Å². The lowest BCUT2D eigenvalue weighted by Crippen LogP contribution is -2.41. The third kappa shape index (κ3) is 4.31. The van der Waals surface area contributed by atoms with Crippen LogP contribution in [0.25, 0.3) is 0 Å². The molecule has 1 aromatic rings. The number of carboxylic acid groups (broad SMARTS) is 1. The Morgan fingerprint density at radius 2 is 1.90 bits per heavy atom. The first-order valence-corrected chi connectivity index (χ1v) is 6.27. The average molecular weight is 283 g/mol. The van der Waals surface area contributed by atoms with Crippen LogP contribution in [0.2, 0.25) is 0 Å². The summed E-state index contributed by atoms with van der Waals surface area (Å²) in [4.78, 5) is 22.6. The minimum Gasteiger partial charge on any atom is -0.479 e. The summed E-state index contributed by atoms with van der Waals surface area (Å²) < 4.78 is 13.7. The zero-order valence-corrected chi connectivity index (χ0v) is 11.3. The molecule has 1 unspecified atom stereocenters. The summed E-state index contributed by atoms with van der Waals surface area (Å²) in [7, 11) is 0. The Balaban J connectivity index is 3.01. The first kappa shape index (κ1) is 16.1. The molecule has 110 valence electrons. The van der Waals surface area contributed by atoms with Gasteiger partial charge < -0.3 is 15.5 Å². The van der Waals surface area contributed by atoms with E-state index in [4.69, 9.17) is 5.11 Å². The summed E-state index contributed by atoms with van der Waals surface area (Å²) in [6, 6.07) is 4.11. The molecule has 0 heterocycles. The van der Waals surface area contributed by atoms with E-state index < -0.39 is 29.8 Å². The molecular weight excluding hydrogens is 265 g/mol. The highest BCUT2D eigenvalue weighted by Gasteiger charge is 2.30. The first-order chi connectivity index (χ1) is 9.32. The second kappa shape index (κ2) is 7.00. The maximum atomic E-state index is 13.7. The van der Waals surface area contributed by atoms with Crippen molar-refractivity contribution in [3.8, 4) is 0 Å². The van der Waals surface area contributed by atoms with Crippen molar-refractivity contribution in [3.63, 3.8) is 0 Å². The molecule has 20 heavy (non-hydrogen) atoms. The van der Waals surface area contributed by atoms with E-state index in [-0.39, 0.29) is 17.9 Å². The van der Waals surface area contributed by atoms with E-state index in [1.165, 1.54) is 18.2 Å². The van der Waals surface area contributed by atoms with Crippen LogP contribution in [0.5, 0.6) is 0 Å². The SMILES string of the molecule is CC(C)CC(=O)NC(c1ccccc1F)[C@@H](O)C(=O)O.